The number of pyridine rings is 1. The molecule has 0 aliphatic heterocycles. The van der Waals surface area contributed by atoms with Crippen molar-refractivity contribution in [2.24, 2.45) is 0 Å². The minimum Gasteiger partial charge on any atom is -0.396 e. The number of aromatic nitrogens is 1. The molecule has 1 heterocycles. The number of aryl methyl sites for hydroxylation is 1. The highest BCUT2D eigenvalue weighted by Gasteiger charge is 2.18. The van der Waals surface area contributed by atoms with E-state index in [2.05, 4.69) is 4.98 Å². The van der Waals surface area contributed by atoms with Gasteiger partial charge < -0.3 is 10.0 Å². The Morgan fingerprint density at radius 3 is 2.65 bits per heavy atom. The van der Waals surface area contributed by atoms with Gasteiger partial charge in [-0.05, 0) is 39.3 Å². The highest BCUT2D eigenvalue weighted by atomic mass is 16.3. The number of rotatable bonds is 5. The Labute approximate surface area is 102 Å². The van der Waals surface area contributed by atoms with Gasteiger partial charge in [-0.1, -0.05) is 0 Å². The molecule has 0 unspecified atom stereocenters. The average Bonchev–Trinajstić information content (AvgIpc) is 2.29. The molecule has 0 aliphatic carbocycles. The highest BCUT2D eigenvalue weighted by Crippen LogP contribution is 2.09. The molecule has 0 fully saturated rings. The van der Waals surface area contributed by atoms with Gasteiger partial charge in [0, 0.05) is 31.1 Å². The van der Waals surface area contributed by atoms with E-state index in [0.717, 1.165) is 5.69 Å². The van der Waals surface area contributed by atoms with Gasteiger partial charge in [0.1, 0.15) is 0 Å². The lowest BCUT2D eigenvalue weighted by molar-refractivity contribution is 0.0692. The van der Waals surface area contributed by atoms with Crippen LogP contribution in [-0.2, 0) is 0 Å². The summed E-state index contributed by atoms with van der Waals surface area (Å²) in [5, 5.41) is 8.84. The number of carbonyl (C=O) groups is 1. The Morgan fingerprint density at radius 1 is 1.47 bits per heavy atom. The Morgan fingerprint density at radius 2 is 2.18 bits per heavy atom. The van der Waals surface area contributed by atoms with Crippen molar-refractivity contribution in [1.29, 1.82) is 0 Å². The fraction of sp³-hybridized carbons (Fsp3) is 0.538. The Kier molecular flexibility index (Phi) is 5.10. The van der Waals surface area contributed by atoms with Crippen molar-refractivity contribution >= 4 is 5.91 Å². The van der Waals surface area contributed by atoms with Crippen LogP contribution in [0.4, 0.5) is 0 Å². The standard InChI is InChI=1S/C13H20N2O2/c1-10(2)15(7-4-8-16)13(17)12-6-5-11(3)14-9-12/h5-6,9-10,16H,4,7-8H2,1-3H3. The summed E-state index contributed by atoms with van der Waals surface area (Å²) in [7, 11) is 0. The minimum atomic E-state index is -0.0269. The van der Waals surface area contributed by atoms with Gasteiger partial charge >= 0.3 is 0 Å². The molecule has 17 heavy (non-hydrogen) atoms. The maximum atomic E-state index is 12.2. The van der Waals surface area contributed by atoms with Gasteiger partial charge in [-0.2, -0.15) is 0 Å². The molecule has 0 bridgehead atoms. The lowest BCUT2D eigenvalue weighted by atomic mass is 10.2. The normalized spacial score (nSPS) is 10.6. The molecule has 0 atom stereocenters. The van der Waals surface area contributed by atoms with Gasteiger partial charge in [0.05, 0.1) is 5.56 Å². The van der Waals surface area contributed by atoms with Crippen LogP contribution in [0.2, 0.25) is 0 Å². The smallest absolute Gasteiger partial charge is 0.255 e. The van der Waals surface area contributed by atoms with Gasteiger partial charge in [0.25, 0.3) is 5.91 Å². The van der Waals surface area contributed by atoms with E-state index in [4.69, 9.17) is 5.11 Å². The number of amides is 1. The summed E-state index contributed by atoms with van der Waals surface area (Å²) in [4.78, 5) is 18.1. The zero-order valence-corrected chi connectivity index (χ0v) is 10.7. The van der Waals surface area contributed by atoms with Crippen molar-refractivity contribution in [2.45, 2.75) is 33.2 Å². The van der Waals surface area contributed by atoms with Gasteiger partial charge in [0.2, 0.25) is 0 Å². The second kappa shape index (κ2) is 6.35. The molecule has 4 nitrogen and oxygen atoms in total. The molecular formula is C13H20N2O2. The molecule has 1 aromatic rings. The van der Waals surface area contributed by atoms with Gasteiger partial charge in [-0.3, -0.25) is 9.78 Å². The largest absolute Gasteiger partial charge is 0.396 e. The first-order valence-corrected chi connectivity index (χ1v) is 5.90. The predicted molar refractivity (Wildman–Crippen MR) is 66.8 cm³/mol. The minimum absolute atomic E-state index is 0.0269. The molecule has 0 saturated carbocycles. The monoisotopic (exact) mass is 236 g/mol. The molecule has 0 saturated heterocycles. The lowest BCUT2D eigenvalue weighted by Crippen LogP contribution is -2.38. The summed E-state index contributed by atoms with van der Waals surface area (Å²) in [6, 6.07) is 3.74. The first kappa shape index (κ1) is 13.6. The van der Waals surface area contributed by atoms with Gasteiger partial charge in [-0.25, -0.2) is 0 Å². The summed E-state index contributed by atoms with van der Waals surface area (Å²) < 4.78 is 0. The van der Waals surface area contributed by atoms with E-state index in [-0.39, 0.29) is 18.6 Å². The van der Waals surface area contributed by atoms with Crippen LogP contribution in [0.1, 0.15) is 36.3 Å². The van der Waals surface area contributed by atoms with Crippen molar-refractivity contribution in [2.75, 3.05) is 13.2 Å². The van der Waals surface area contributed by atoms with E-state index in [1.807, 2.05) is 26.8 Å². The van der Waals surface area contributed by atoms with E-state index in [1.165, 1.54) is 0 Å². The van der Waals surface area contributed by atoms with E-state index in [0.29, 0.717) is 18.5 Å². The first-order valence-electron chi connectivity index (χ1n) is 5.90. The third-order valence-electron chi connectivity index (χ3n) is 2.60. The zero-order valence-electron chi connectivity index (χ0n) is 10.7. The number of aliphatic hydroxyl groups excluding tert-OH is 1. The van der Waals surface area contributed by atoms with Crippen LogP contribution in [0.5, 0.6) is 0 Å². The number of hydrogen-bond donors (Lipinski definition) is 1. The second-order valence-electron chi connectivity index (χ2n) is 4.36. The van der Waals surface area contributed by atoms with Gasteiger partial charge in [0.15, 0.2) is 0 Å². The lowest BCUT2D eigenvalue weighted by Gasteiger charge is -2.26. The molecule has 0 aliphatic rings. The summed E-state index contributed by atoms with van der Waals surface area (Å²) in [5.41, 5.74) is 1.50. The summed E-state index contributed by atoms with van der Waals surface area (Å²) >= 11 is 0. The van der Waals surface area contributed by atoms with Crippen molar-refractivity contribution in [3.63, 3.8) is 0 Å². The summed E-state index contributed by atoms with van der Waals surface area (Å²) in [5.74, 6) is -0.0269. The average molecular weight is 236 g/mol. The predicted octanol–water partition coefficient (Wildman–Crippen LogP) is 1.62. The Balaban J connectivity index is 2.80. The molecule has 1 aromatic heterocycles. The Bertz CT molecular complexity index is 360. The van der Waals surface area contributed by atoms with Crippen LogP contribution in [0.25, 0.3) is 0 Å². The zero-order chi connectivity index (χ0) is 12.8. The highest BCUT2D eigenvalue weighted by molar-refractivity contribution is 5.94. The summed E-state index contributed by atoms with van der Waals surface area (Å²) in [6.45, 7) is 6.50. The molecular weight excluding hydrogens is 216 g/mol. The van der Waals surface area contributed by atoms with E-state index in [9.17, 15) is 4.79 Å². The fourth-order valence-corrected chi connectivity index (χ4v) is 1.60. The van der Waals surface area contributed by atoms with E-state index < -0.39 is 0 Å². The summed E-state index contributed by atoms with van der Waals surface area (Å²) in [6.07, 6.45) is 2.20. The second-order valence-corrected chi connectivity index (χ2v) is 4.36. The third kappa shape index (κ3) is 3.82. The molecule has 0 aromatic carbocycles. The topological polar surface area (TPSA) is 53.4 Å². The number of aliphatic hydroxyl groups is 1. The quantitative estimate of drug-likeness (QED) is 0.845. The number of nitrogens with zero attached hydrogens (tertiary/aromatic N) is 2. The molecule has 0 radical (unpaired) electrons. The van der Waals surface area contributed by atoms with Crippen molar-refractivity contribution in [1.82, 2.24) is 9.88 Å². The molecule has 94 valence electrons. The van der Waals surface area contributed by atoms with E-state index in [1.54, 1.807) is 17.2 Å². The number of carbonyl (C=O) groups excluding carboxylic acids is 1. The van der Waals surface area contributed by atoms with Crippen LogP contribution in [0.3, 0.4) is 0 Å². The molecule has 1 amide bonds. The van der Waals surface area contributed by atoms with Crippen LogP contribution in [0.15, 0.2) is 18.3 Å². The van der Waals surface area contributed by atoms with Crippen LogP contribution in [0, 0.1) is 6.92 Å². The van der Waals surface area contributed by atoms with Crippen LogP contribution in [-0.4, -0.2) is 40.1 Å². The third-order valence-corrected chi connectivity index (χ3v) is 2.60. The van der Waals surface area contributed by atoms with Crippen LogP contribution >= 0.6 is 0 Å². The van der Waals surface area contributed by atoms with Crippen molar-refractivity contribution in [3.05, 3.63) is 29.6 Å². The fourth-order valence-electron chi connectivity index (χ4n) is 1.60. The SMILES string of the molecule is Cc1ccc(C(=O)N(CCCO)C(C)C)cn1. The Hall–Kier alpha value is -1.42. The molecule has 0 spiro atoms. The van der Waals surface area contributed by atoms with E-state index >= 15 is 0 Å². The number of hydrogen-bond acceptors (Lipinski definition) is 3. The van der Waals surface area contributed by atoms with Crippen molar-refractivity contribution < 1.29 is 9.90 Å². The molecule has 1 N–H and O–H groups in total. The maximum Gasteiger partial charge on any atom is 0.255 e. The van der Waals surface area contributed by atoms with Gasteiger partial charge in [-0.15, -0.1) is 0 Å². The maximum absolute atomic E-state index is 12.2. The molecule has 4 heteroatoms. The van der Waals surface area contributed by atoms with Crippen LogP contribution < -0.4 is 0 Å². The first-order chi connectivity index (χ1) is 8.06. The van der Waals surface area contributed by atoms with Crippen molar-refractivity contribution in [3.8, 4) is 0 Å². The molecule has 1 rings (SSSR count).